The van der Waals surface area contributed by atoms with Crippen molar-refractivity contribution < 1.29 is 0 Å². The summed E-state index contributed by atoms with van der Waals surface area (Å²) >= 11 is 18.7. The van der Waals surface area contributed by atoms with Crippen molar-refractivity contribution in [1.82, 2.24) is 10.2 Å². The summed E-state index contributed by atoms with van der Waals surface area (Å²) in [6, 6.07) is 7.49. The number of hydrogen-bond acceptors (Lipinski definition) is 3. The first kappa shape index (κ1) is 14.9. The van der Waals surface area contributed by atoms with Crippen molar-refractivity contribution in [3.8, 4) is 0 Å². The molecule has 2 aromatic rings. The molecule has 110 valence electrons. The third kappa shape index (κ3) is 2.83. The van der Waals surface area contributed by atoms with Gasteiger partial charge in [0.25, 0.3) is 0 Å². The van der Waals surface area contributed by atoms with Crippen molar-refractivity contribution in [3.63, 3.8) is 0 Å². The number of fused-ring (bicyclic) bond motifs is 1. The molecule has 2 heterocycles. The van der Waals surface area contributed by atoms with Gasteiger partial charge in [-0.25, -0.2) is 0 Å². The minimum atomic E-state index is 0.0468. The first-order chi connectivity index (χ1) is 10.1. The van der Waals surface area contributed by atoms with Crippen LogP contribution in [-0.4, -0.2) is 16.7 Å². The van der Waals surface area contributed by atoms with E-state index in [-0.39, 0.29) is 6.04 Å². The highest BCUT2D eigenvalue weighted by Gasteiger charge is 2.26. The predicted octanol–water partition coefficient (Wildman–Crippen LogP) is 4.95. The van der Waals surface area contributed by atoms with E-state index in [4.69, 9.17) is 34.8 Å². The highest BCUT2D eigenvalue weighted by atomic mass is 35.5. The molecule has 0 radical (unpaired) electrons. The molecule has 3 rings (SSSR count). The second-order valence-electron chi connectivity index (χ2n) is 5.11. The Morgan fingerprint density at radius 1 is 1.14 bits per heavy atom. The number of hydrogen-bond donors (Lipinski definition) is 0. The Balaban J connectivity index is 2.04. The molecular weight excluding hydrogens is 329 g/mol. The molecule has 0 spiro atoms. The number of benzene rings is 1. The molecule has 0 aliphatic carbocycles. The summed E-state index contributed by atoms with van der Waals surface area (Å²) in [5, 5.41) is 9.88. The summed E-state index contributed by atoms with van der Waals surface area (Å²) in [7, 11) is 0. The highest BCUT2D eigenvalue weighted by molar-refractivity contribution is 6.36. The molecule has 1 aromatic heterocycles. The van der Waals surface area contributed by atoms with E-state index < -0.39 is 0 Å². The van der Waals surface area contributed by atoms with Crippen LogP contribution < -0.4 is 4.90 Å². The molecule has 6 heteroatoms. The average molecular weight is 343 g/mol. The van der Waals surface area contributed by atoms with Crippen molar-refractivity contribution >= 4 is 40.5 Å². The number of nitrogens with zero attached hydrogens (tertiary/aromatic N) is 3. The number of rotatable bonds is 2. The minimum absolute atomic E-state index is 0.0468. The van der Waals surface area contributed by atoms with Crippen LogP contribution in [0.3, 0.4) is 0 Å². The van der Waals surface area contributed by atoms with Crippen molar-refractivity contribution in [2.45, 2.75) is 25.8 Å². The first-order valence-corrected chi connectivity index (χ1v) is 7.94. The number of aromatic nitrogens is 2. The van der Waals surface area contributed by atoms with Crippen LogP contribution in [0.25, 0.3) is 0 Å². The first-order valence-electron chi connectivity index (χ1n) is 6.80. The van der Waals surface area contributed by atoms with Gasteiger partial charge in [-0.3, -0.25) is 0 Å². The largest absolute Gasteiger partial charge is 0.363 e. The zero-order valence-corrected chi connectivity index (χ0v) is 13.8. The fourth-order valence-corrected chi connectivity index (χ4v) is 3.67. The third-order valence-corrected chi connectivity index (χ3v) is 4.67. The molecule has 0 saturated heterocycles. The molecule has 0 bridgehead atoms. The lowest BCUT2D eigenvalue weighted by Gasteiger charge is -2.36. The Morgan fingerprint density at radius 2 is 1.86 bits per heavy atom. The van der Waals surface area contributed by atoms with Crippen molar-refractivity contribution in [2.75, 3.05) is 11.4 Å². The maximum atomic E-state index is 6.34. The molecule has 0 amide bonds. The standard InChI is InChI=1S/C15H14Cl3N3/c1-9(15-10(16)4-2-5-11(15)17)21-7-3-6-12-13(21)8-14(18)20-19-12/h2,4-5,8-9H,3,6-7H2,1H3/t9-/m1/s1. The van der Waals surface area contributed by atoms with Crippen LogP contribution in [-0.2, 0) is 6.42 Å². The van der Waals surface area contributed by atoms with Gasteiger partial charge in [-0.1, -0.05) is 40.9 Å². The lowest BCUT2D eigenvalue weighted by atomic mass is 10.0. The molecule has 1 aliphatic heterocycles. The summed E-state index contributed by atoms with van der Waals surface area (Å²) in [5.74, 6) is 0. The number of aryl methyl sites for hydroxylation is 1. The molecule has 0 fully saturated rings. The van der Waals surface area contributed by atoms with E-state index >= 15 is 0 Å². The van der Waals surface area contributed by atoms with Gasteiger partial charge in [0.05, 0.1) is 17.4 Å². The van der Waals surface area contributed by atoms with E-state index in [1.54, 1.807) is 0 Å². The van der Waals surface area contributed by atoms with Crippen molar-refractivity contribution in [3.05, 3.63) is 50.7 Å². The fraction of sp³-hybridized carbons (Fsp3) is 0.333. The topological polar surface area (TPSA) is 29.0 Å². The molecule has 21 heavy (non-hydrogen) atoms. The monoisotopic (exact) mass is 341 g/mol. The maximum absolute atomic E-state index is 6.34. The molecule has 1 atom stereocenters. The van der Waals surface area contributed by atoms with Crippen LogP contribution in [0, 0.1) is 0 Å². The van der Waals surface area contributed by atoms with Gasteiger partial charge in [-0.15, -0.1) is 5.10 Å². The van der Waals surface area contributed by atoms with Crippen LogP contribution in [0.4, 0.5) is 5.69 Å². The molecular formula is C15H14Cl3N3. The van der Waals surface area contributed by atoms with E-state index in [0.29, 0.717) is 15.2 Å². The Morgan fingerprint density at radius 3 is 2.57 bits per heavy atom. The lowest BCUT2D eigenvalue weighted by molar-refractivity contribution is 0.602. The van der Waals surface area contributed by atoms with Gasteiger partial charge in [0.1, 0.15) is 0 Å². The zero-order chi connectivity index (χ0) is 15.0. The predicted molar refractivity (Wildman–Crippen MR) is 87.6 cm³/mol. The van der Waals surface area contributed by atoms with E-state index in [1.165, 1.54) is 0 Å². The Labute approximate surface area is 138 Å². The van der Waals surface area contributed by atoms with Crippen LogP contribution in [0.1, 0.15) is 30.6 Å². The summed E-state index contributed by atoms with van der Waals surface area (Å²) < 4.78 is 0. The SMILES string of the molecule is C[C@H](c1c(Cl)cccc1Cl)N1CCCc2nnc(Cl)cc21. The van der Waals surface area contributed by atoms with Crippen molar-refractivity contribution in [2.24, 2.45) is 0 Å². The summed E-state index contributed by atoms with van der Waals surface area (Å²) in [5.41, 5.74) is 2.92. The minimum Gasteiger partial charge on any atom is -0.363 e. The Hall–Kier alpha value is -1.03. The van der Waals surface area contributed by atoms with E-state index in [1.807, 2.05) is 24.3 Å². The Bertz CT molecular complexity index is 655. The van der Waals surface area contributed by atoms with Gasteiger partial charge >= 0.3 is 0 Å². The summed E-state index contributed by atoms with van der Waals surface area (Å²) in [6.45, 7) is 3.01. The van der Waals surface area contributed by atoms with Gasteiger partial charge in [-0.05, 0) is 31.9 Å². The Kier molecular flexibility index (Phi) is 4.25. The zero-order valence-electron chi connectivity index (χ0n) is 11.5. The highest BCUT2D eigenvalue weighted by Crippen LogP contribution is 2.38. The quantitative estimate of drug-likeness (QED) is 0.773. The molecule has 1 aliphatic rings. The van der Waals surface area contributed by atoms with Crippen LogP contribution in [0.2, 0.25) is 15.2 Å². The fourth-order valence-electron chi connectivity index (χ4n) is 2.82. The van der Waals surface area contributed by atoms with Crippen LogP contribution >= 0.6 is 34.8 Å². The third-order valence-electron chi connectivity index (χ3n) is 3.82. The van der Waals surface area contributed by atoms with Gasteiger partial charge in [0.2, 0.25) is 0 Å². The van der Waals surface area contributed by atoms with Gasteiger partial charge in [0.15, 0.2) is 5.15 Å². The molecule has 0 unspecified atom stereocenters. The van der Waals surface area contributed by atoms with Crippen molar-refractivity contribution in [1.29, 1.82) is 0 Å². The van der Waals surface area contributed by atoms with Crippen LogP contribution in [0.5, 0.6) is 0 Å². The van der Waals surface area contributed by atoms with Gasteiger partial charge in [-0.2, -0.15) is 5.10 Å². The average Bonchev–Trinajstić information content (AvgIpc) is 2.46. The van der Waals surface area contributed by atoms with Gasteiger partial charge in [0, 0.05) is 28.2 Å². The maximum Gasteiger partial charge on any atom is 0.153 e. The van der Waals surface area contributed by atoms with E-state index in [9.17, 15) is 0 Å². The second-order valence-corrected chi connectivity index (χ2v) is 6.31. The second kappa shape index (κ2) is 5.99. The molecule has 1 aromatic carbocycles. The van der Waals surface area contributed by atoms with Gasteiger partial charge < -0.3 is 4.90 Å². The number of anilines is 1. The summed E-state index contributed by atoms with van der Waals surface area (Å²) in [6.07, 6.45) is 1.94. The number of halogens is 3. The summed E-state index contributed by atoms with van der Waals surface area (Å²) in [4.78, 5) is 2.24. The molecule has 0 saturated carbocycles. The van der Waals surface area contributed by atoms with E-state index in [0.717, 1.165) is 36.3 Å². The lowest BCUT2D eigenvalue weighted by Crippen LogP contribution is -2.33. The van der Waals surface area contributed by atoms with E-state index in [2.05, 4.69) is 22.0 Å². The molecule has 0 N–H and O–H groups in total. The van der Waals surface area contributed by atoms with Crippen LogP contribution in [0.15, 0.2) is 24.3 Å². The smallest absolute Gasteiger partial charge is 0.153 e. The molecule has 3 nitrogen and oxygen atoms in total. The normalized spacial score (nSPS) is 15.7.